The first kappa shape index (κ1) is 11.2. The fourth-order valence-corrected chi connectivity index (χ4v) is 0.403. The summed E-state index contributed by atoms with van der Waals surface area (Å²) in [6.07, 6.45) is -3.99. The summed E-state index contributed by atoms with van der Waals surface area (Å²) in [5.41, 5.74) is 4.85. The number of alkyl halides is 4. The Morgan fingerprint density at radius 3 is 2.33 bits per heavy atom. The average molecular weight is 188 g/mol. The second-order valence-electron chi connectivity index (χ2n) is 1.97. The van der Waals surface area contributed by atoms with Crippen molar-refractivity contribution in [1.82, 2.24) is 5.32 Å². The normalized spacial score (nSPS) is 11.8. The molecule has 0 radical (unpaired) electrons. The first-order valence-electron chi connectivity index (χ1n) is 3.07. The van der Waals surface area contributed by atoms with Gasteiger partial charge in [-0.25, -0.2) is 8.78 Å². The lowest BCUT2D eigenvalue weighted by molar-refractivity contribution is -0.169. The minimum atomic E-state index is -4.63. The molecule has 0 saturated heterocycles. The molecule has 0 aromatic carbocycles. The van der Waals surface area contributed by atoms with E-state index in [0.717, 1.165) is 0 Å². The number of nitrogens with two attached hydrogens (primary N) is 1. The van der Waals surface area contributed by atoms with Gasteiger partial charge in [0.15, 0.2) is 0 Å². The van der Waals surface area contributed by atoms with Crippen molar-refractivity contribution in [2.24, 2.45) is 5.73 Å². The Kier molecular flexibility index (Phi) is 3.94. The van der Waals surface area contributed by atoms with E-state index in [1.165, 1.54) is 0 Å². The predicted octanol–water partition coefficient (Wildman–Crippen LogP) is -0.0383. The Morgan fingerprint density at radius 1 is 1.50 bits per heavy atom. The number of amides is 1. The van der Waals surface area contributed by atoms with Gasteiger partial charge in [0.2, 0.25) is 0 Å². The van der Waals surface area contributed by atoms with Gasteiger partial charge in [-0.05, 0) is 0 Å². The molecule has 0 unspecified atom stereocenters. The van der Waals surface area contributed by atoms with Gasteiger partial charge < -0.3 is 11.1 Å². The zero-order chi connectivity index (χ0) is 9.78. The van der Waals surface area contributed by atoms with Crippen LogP contribution in [0.1, 0.15) is 0 Å². The molecule has 0 aromatic heterocycles. The van der Waals surface area contributed by atoms with Crippen LogP contribution in [0.4, 0.5) is 17.6 Å². The number of hydrogen-bond acceptors (Lipinski definition) is 2. The van der Waals surface area contributed by atoms with Gasteiger partial charge in [0.1, 0.15) is 0 Å². The number of halogens is 4. The molecule has 7 heteroatoms. The predicted molar refractivity (Wildman–Crippen MR) is 33.0 cm³/mol. The molecule has 0 atom stereocenters. The van der Waals surface area contributed by atoms with Crippen LogP contribution < -0.4 is 11.1 Å². The summed E-state index contributed by atoms with van der Waals surface area (Å²) in [5.74, 6) is -6.63. The van der Waals surface area contributed by atoms with Crippen molar-refractivity contribution in [3.05, 3.63) is 0 Å². The summed E-state index contributed by atoms with van der Waals surface area (Å²) in [5, 5.41) is 1.56. The third-order valence-corrected chi connectivity index (χ3v) is 1.01. The fourth-order valence-electron chi connectivity index (χ4n) is 0.403. The van der Waals surface area contributed by atoms with E-state index in [2.05, 4.69) is 0 Å². The lowest BCUT2D eigenvalue weighted by Crippen LogP contribution is -2.46. The molecule has 0 saturated carbocycles. The number of hydrogen-bond donors (Lipinski definition) is 2. The quantitative estimate of drug-likeness (QED) is 0.608. The minimum absolute atomic E-state index is 0.0783. The van der Waals surface area contributed by atoms with E-state index >= 15 is 0 Å². The van der Waals surface area contributed by atoms with Crippen molar-refractivity contribution < 1.29 is 22.4 Å². The van der Waals surface area contributed by atoms with E-state index in [9.17, 15) is 22.4 Å². The summed E-state index contributed by atoms with van der Waals surface area (Å²) in [6.45, 7) is -0.327. The molecule has 0 aliphatic heterocycles. The van der Waals surface area contributed by atoms with Gasteiger partial charge in [-0.2, -0.15) is 8.78 Å². The molecule has 3 nitrogen and oxygen atoms in total. The summed E-state index contributed by atoms with van der Waals surface area (Å²) < 4.78 is 47.0. The monoisotopic (exact) mass is 188 g/mol. The number of rotatable bonds is 4. The molecule has 72 valence electrons. The minimum Gasteiger partial charge on any atom is -0.349 e. The highest BCUT2D eigenvalue weighted by Crippen LogP contribution is 2.22. The maximum absolute atomic E-state index is 12.1. The van der Waals surface area contributed by atoms with Crippen LogP contribution in [-0.2, 0) is 4.79 Å². The van der Waals surface area contributed by atoms with Gasteiger partial charge in [0.05, 0.1) is 0 Å². The Morgan fingerprint density at radius 2 is 2.00 bits per heavy atom. The van der Waals surface area contributed by atoms with Crippen LogP contribution >= 0.6 is 0 Å². The molecule has 0 fully saturated rings. The lowest BCUT2D eigenvalue weighted by atomic mass is 10.3. The van der Waals surface area contributed by atoms with Gasteiger partial charge in [-0.3, -0.25) is 4.79 Å². The lowest BCUT2D eigenvalue weighted by Gasteiger charge is -2.13. The highest BCUT2D eigenvalue weighted by atomic mass is 19.3. The summed E-state index contributed by atoms with van der Waals surface area (Å²) in [4.78, 5) is 10.3. The van der Waals surface area contributed by atoms with Crippen LogP contribution in [0.2, 0.25) is 0 Å². The second-order valence-corrected chi connectivity index (χ2v) is 1.97. The van der Waals surface area contributed by atoms with Crippen molar-refractivity contribution in [2.45, 2.75) is 12.3 Å². The van der Waals surface area contributed by atoms with Crippen LogP contribution in [0.3, 0.4) is 0 Å². The smallest absolute Gasteiger partial charge is 0.349 e. The van der Waals surface area contributed by atoms with E-state index in [4.69, 9.17) is 5.73 Å². The molecular weight excluding hydrogens is 180 g/mol. The molecule has 1 amide bonds. The molecule has 0 aliphatic rings. The molecule has 0 aliphatic carbocycles. The third-order valence-electron chi connectivity index (χ3n) is 1.01. The molecule has 0 aromatic rings. The molecular formula is C5H8F4N2O. The van der Waals surface area contributed by atoms with Gasteiger partial charge in [-0.1, -0.05) is 0 Å². The van der Waals surface area contributed by atoms with E-state index in [1.54, 1.807) is 5.32 Å². The molecule has 12 heavy (non-hydrogen) atoms. The fraction of sp³-hybridized carbons (Fsp3) is 0.800. The van der Waals surface area contributed by atoms with Crippen molar-refractivity contribution in [3.63, 3.8) is 0 Å². The second kappa shape index (κ2) is 4.24. The highest BCUT2D eigenvalue weighted by molar-refractivity contribution is 5.83. The summed E-state index contributed by atoms with van der Waals surface area (Å²) in [6, 6.07) is 0. The van der Waals surface area contributed by atoms with E-state index in [0.29, 0.717) is 0 Å². The molecule has 0 bridgehead atoms. The number of carbonyl (C=O) groups is 1. The van der Waals surface area contributed by atoms with Gasteiger partial charge >= 0.3 is 12.3 Å². The Bertz CT molecular complexity index is 162. The Hall–Kier alpha value is -0.850. The average Bonchev–Trinajstić information content (AvgIpc) is 1.99. The Labute approximate surface area is 65.9 Å². The van der Waals surface area contributed by atoms with Crippen LogP contribution in [0.15, 0.2) is 0 Å². The van der Waals surface area contributed by atoms with Crippen LogP contribution in [-0.4, -0.2) is 31.3 Å². The van der Waals surface area contributed by atoms with E-state index in [1.807, 2.05) is 0 Å². The van der Waals surface area contributed by atoms with Crippen LogP contribution in [0, 0.1) is 0 Å². The first-order valence-corrected chi connectivity index (χ1v) is 3.07. The zero-order valence-corrected chi connectivity index (χ0v) is 5.99. The topological polar surface area (TPSA) is 55.1 Å². The SMILES string of the molecule is NCCNC(=O)C(F)(F)C(F)F. The van der Waals surface area contributed by atoms with Gasteiger partial charge in [0.25, 0.3) is 5.91 Å². The number of nitrogens with one attached hydrogen (secondary N) is 1. The Balaban J connectivity index is 4.07. The van der Waals surface area contributed by atoms with Crippen LogP contribution in [0.25, 0.3) is 0 Å². The van der Waals surface area contributed by atoms with E-state index in [-0.39, 0.29) is 13.1 Å². The van der Waals surface area contributed by atoms with Crippen molar-refractivity contribution in [1.29, 1.82) is 0 Å². The summed E-state index contributed by atoms with van der Waals surface area (Å²) in [7, 11) is 0. The van der Waals surface area contributed by atoms with Crippen LogP contribution in [0.5, 0.6) is 0 Å². The third kappa shape index (κ3) is 2.65. The van der Waals surface area contributed by atoms with Gasteiger partial charge in [-0.15, -0.1) is 0 Å². The van der Waals surface area contributed by atoms with Crippen molar-refractivity contribution in [2.75, 3.05) is 13.1 Å². The first-order chi connectivity index (χ1) is 5.42. The standard InChI is InChI=1S/C5H8F4N2O/c6-3(7)5(8,9)4(12)11-2-1-10/h3H,1-2,10H2,(H,11,12). The molecule has 3 N–H and O–H groups in total. The summed E-state index contributed by atoms with van der Waals surface area (Å²) >= 11 is 0. The van der Waals surface area contributed by atoms with E-state index < -0.39 is 18.3 Å². The zero-order valence-electron chi connectivity index (χ0n) is 5.99. The molecule has 0 spiro atoms. The molecule has 0 rings (SSSR count). The maximum Gasteiger partial charge on any atom is 0.383 e. The largest absolute Gasteiger partial charge is 0.383 e. The number of carbonyl (C=O) groups excluding carboxylic acids is 1. The van der Waals surface area contributed by atoms with Crippen molar-refractivity contribution >= 4 is 5.91 Å². The highest BCUT2D eigenvalue weighted by Gasteiger charge is 2.48. The van der Waals surface area contributed by atoms with Gasteiger partial charge in [0, 0.05) is 13.1 Å². The van der Waals surface area contributed by atoms with Crippen molar-refractivity contribution in [3.8, 4) is 0 Å². The molecule has 0 heterocycles. The maximum atomic E-state index is 12.1.